The maximum atomic E-state index is 5.50. The average molecular weight is 875 g/mol. The van der Waals surface area contributed by atoms with Crippen LogP contribution in [-0.2, 0) is 10.8 Å². The molecule has 2 aliphatic rings. The number of hydrogen-bond donors (Lipinski definition) is 0. The monoisotopic (exact) mass is 874 g/mol. The number of pyridine rings is 2. The summed E-state index contributed by atoms with van der Waals surface area (Å²) in [6.07, 6.45) is 4.01. The Kier molecular flexibility index (Phi) is 7.77. The molecule has 0 fully saturated rings. The predicted octanol–water partition coefficient (Wildman–Crippen LogP) is 16.3. The highest BCUT2D eigenvalue weighted by atomic mass is 15.0. The maximum absolute atomic E-state index is 5.50. The van der Waals surface area contributed by atoms with Crippen LogP contribution in [-0.4, -0.2) is 19.1 Å². The van der Waals surface area contributed by atoms with E-state index in [2.05, 4.69) is 233 Å². The summed E-state index contributed by atoms with van der Waals surface area (Å²) in [5.41, 5.74) is 14.6. The molecule has 12 aromatic rings. The smallest absolute Gasteiger partial charge is 0.0753 e. The molecule has 0 radical (unpaired) electrons. The molecule has 2 atom stereocenters. The van der Waals surface area contributed by atoms with E-state index in [0.717, 1.165) is 11.4 Å². The van der Waals surface area contributed by atoms with E-state index in [1.807, 2.05) is 12.4 Å². The molecule has 326 valence electrons. The third-order valence-electron chi connectivity index (χ3n) is 16.2. The topological polar surface area (TPSA) is 35.6 Å². The van der Waals surface area contributed by atoms with E-state index in [4.69, 9.17) is 9.97 Å². The summed E-state index contributed by atoms with van der Waals surface area (Å²) in [6, 6.07) is 68.2. The molecular formula is C64H50N4. The maximum Gasteiger partial charge on any atom is 0.0753 e. The van der Waals surface area contributed by atoms with Crippen LogP contribution in [0.15, 0.2) is 194 Å². The van der Waals surface area contributed by atoms with Crippen molar-refractivity contribution in [2.24, 2.45) is 10.8 Å². The molecule has 0 saturated heterocycles. The van der Waals surface area contributed by atoms with E-state index < -0.39 is 21.7 Å². The molecule has 2 aliphatic carbocycles. The van der Waals surface area contributed by atoms with Crippen LogP contribution in [0.4, 0.5) is 0 Å². The molecule has 4 aromatic heterocycles. The Morgan fingerprint density at radius 1 is 0.324 bits per heavy atom. The Morgan fingerprint density at radius 2 is 0.618 bits per heavy atom. The minimum absolute atomic E-state index is 0.406. The van der Waals surface area contributed by atoms with Crippen molar-refractivity contribution >= 4 is 65.2 Å². The molecular weight excluding hydrogens is 825 g/mol. The Bertz CT molecular complexity index is 3760. The van der Waals surface area contributed by atoms with Gasteiger partial charge in [-0.2, -0.15) is 0 Å². The lowest BCUT2D eigenvalue weighted by Crippen LogP contribution is -2.62. The van der Waals surface area contributed by atoms with Gasteiger partial charge in [0, 0.05) is 66.7 Å². The van der Waals surface area contributed by atoms with Crippen molar-refractivity contribution < 1.29 is 0 Å². The molecule has 68 heavy (non-hydrogen) atoms. The molecule has 0 saturated carbocycles. The zero-order chi connectivity index (χ0) is 45.9. The highest BCUT2D eigenvalue weighted by Gasteiger charge is 2.71. The van der Waals surface area contributed by atoms with Gasteiger partial charge in [-0.15, -0.1) is 0 Å². The number of rotatable bonds is 3. The number of hydrogen-bond acceptors (Lipinski definition) is 2. The van der Waals surface area contributed by atoms with E-state index in [9.17, 15) is 0 Å². The summed E-state index contributed by atoms with van der Waals surface area (Å²) < 4.78 is 5.07. The first-order valence-electron chi connectivity index (χ1n) is 24.1. The third-order valence-corrected chi connectivity index (χ3v) is 16.2. The second kappa shape index (κ2) is 13.4. The quantitative estimate of drug-likeness (QED) is 0.177. The van der Waals surface area contributed by atoms with Crippen LogP contribution in [0.25, 0.3) is 99.0 Å². The first-order chi connectivity index (χ1) is 33.1. The van der Waals surface area contributed by atoms with Gasteiger partial charge in [0.05, 0.1) is 44.8 Å². The van der Waals surface area contributed by atoms with E-state index in [1.165, 1.54) is 110 Å². The zero-order valence-corrected chi connectivity index (χ0v) is 39.3. The van der Waals surface area contributed by atoms with Gasteiger partial charge < -0.3 is 9.13 Å². The molecule has 0 aliphatic heterocycles. The minimum atomic E-state index is -0.710. The van der Waals surface area contributed by atoms with Gasteiger partial charge in [-0.25, -0.2) is 0 Å². The van der Waals surface area contributed by atoms with E-state index in [1.54, 1.807) is 0 Å². The first kappa shape index (κ1) is 39.4. The second-order valence-electron chi connectivity index (χ2n) is 21.3. The van der Waals surface area contributed by atoms with Crippen LogP contribution in [0.2, 0.25) is 0 Å². The van der Waals surface area contributed by atoms with Crippen LogP contribution >= 0.6 is 0 Å². The molecule has 14 rings (SSSR count). The van der Waals surface area contributed by atoms with Crippen LogP contribution in [0.5, 0.6) is 0 Å². The van der Waals surface area contributed by atoms with E-state index in [0.29, 0.717) is 0 Å². The predicted molar refractivity (Wildman–Crippen MR) is 284 cm³/mol. The van der Waals surface area contributed by atoms with Crippen molar-refractivity contribution in [1.29, 1.82) is 0 Å². The van der Waals surface area contributed by atoms with E-state index >= 15 is 0 Å². The molecule has 0 N–H and O–H groups in total. The lowest BCUT2D eigenvalue weighted by Gasteiger charge is -2.62. The van der Waals surface area contributed by atoms with Gasteiger partial charge >= 0.3 is 0 Å². The highest BCUT2D eigenvalue weighted by molar-refractivity contribution is 6.15. The average Bonchev–Trinajstić information content (AvgIpc) is 4.06. The van der Waals surface area contributed by atoms with Crippen molar-refractivity contribution in [3.05, 3.63) is 217 Å². The molecule has 4 heterocycles. The van der Waals surface area contributed by atoms with Gasteiger partial charge in [-0.3, -0.25) is 9.97 Å². The summed E-state index contributed by atoms with van der Waals surface area (Å²) in [5.74, 6) is 0. The summed E-state index contributed by atoms with van der Waals surface area (Å²) in [7, 11) is 0. The van der Waals surface area contributed by atoms with Gasteiger partial charge in [-0.1, -0.05) is 175 Å². The number of fused-ring (bicyclic) bond motifs is 16. The summed E-state index contributed by atoms with van der Waals surface area (Å²) in [6.45, 7) is 14.9. The van der Waals surface area contributed by atoms with Gasteiger partial charge in [-0.05, 0) is 92.4 Å². The fourth-order valence-corrected chi connectivity index (χ4v) is 14.2. The van der Waals surface area contributed by atoms with Crippen molar-refractivity contribution in [2.75, 3.05) is 0 Å². The number of aromatic nitrogens is 4. The molecule has 0 spiro atoms. The Labute approximate surface area is 396 Å². The standard InChI is InChI=1S/C64H50N4/c1-61(2,3)63(47-29-19-35-65-59(47)57-45-27-9-7-25-43(45)55(37-49(57)63)67-51-31-15-11-21-39(51)40-22-12-16-32-52(40)67)64(62(4,5)6)48-30-20-36-66-60(48)58-46-28-10-8-26-44(46)56(38-50(58)64)68-53-33-17-13-23-41(53)42-24-14-18-34-54(42)68/h7-38H,1-6H3. The van der Waals surface area contributed by atoms with Crippen molar-refractivity contribution in [3.63, 3.8) is 0 Å². The lowest BCUT2D eigenvalue weighted by atomic mass is 9.39. The number of benzene rings is 8. The van der Waals surface area contributed by atoms with Crippen molar-refractivity contribution in [2.45, 2.75) is 52.4 Å². The zero-order valence-electron chi connectivity index (χ0n) is 39.3. The van der Waals surface area contributed by atoms with Crippen molar-refractivity contribution in [1.82, 2.24) is 19.1 Å². The molecule has 2 unspecified atom stereocenters. The Morgan fingerprint density at radius 3 is 0.941 bits per heavy atom. The lowest BCUT2D eigenvalue weighted by molar-refractivity contribution is 0.0592. The molecule has 8 aromatic carbocycles. The SMILES string of the molecule is CC(C)(C)C1(C2(C(C)(C)C)c3cccnc3-c3c2cc(-n2c4ccccc4c4ccccc42)c2ccccc32)c2cccnc2-c2c1cc(-n1c3ccccc3c3ccccc31)c1ccccc21. The molecule has 0 bridgehead atoms. The minimum Gasteiger partial charge on any atom is -0.309 e. The third kappa shape index (κ3) is 4.61. The van der Waals surface area contributed by atoms with Crippen LogP contribution in [0.1, 0.15) is 63.8 Å². The van der Waals surface area contributed by atoms with Gasteiger partial charge in [0.25, 0.3) is 0 Å². The van der Waals surface area contributed by atoms with Gasteiger partial charge in [0.1, 0.15) is 0 Å². The van der Waals surface area contributed by atoms with Crippen LogP contribution < -0.4 is 0 Å². The highest BCUT2D eigenvalue weighted by Crippen LogP contribution is 2.75. The fourth-order valence-electron chi connectivity index (χ4n) is 14.2. The number of nitrogens with zero attached hydrogens (tertiary/aromatic N) is 4. The Hall–Kier alpha value is -7.82. The normalized spacial score (nSPS) is 17.7. The van der Waals surface area contributed by atoms with Crippen LogP contribution in [0.3, 0.4) is 0 Å². The largest absolute Gasteiger partial charge is 0.309 e. The molecule has 0 amide bonds. The summed E-state index contributed by atoms with van der Waals surface area (Å²) >= 11 is 0. The van der Waals surface area contributed by atoms with Crippen molar-refractivity contribution in [3.8, 4) is 33.9 Å². The summed E-state index contributed by atoms with van der Waals surface area (Å²) in [5, 5.41) is 9.84. The summed E-state index contributed by atoms with van der Waals surface area (Å²) in [4.78, 5) is 11.0. The second-order valence-corrected chi connectivity index (χ2v) is 21.3. The van der Waals surface area contributed by atoms with Gasteiger partial charge in [0.2, 0.25) is 0 Å². The Balaban J connectivity index is 1.22. The number of para-hydroxylation sites is 4. The van der Waals surface area contributed by atoms with Crippen LogP contribution in [0, 0.1) is 10.8 Å². The van der Waals surface area contributed by atoms with E-state index in [-0.39, 0.29) is 0 Å². The van der Waals surface area contributed by atoms with Gasteiger partial charge in [0.15, 0.2) is 0 Å². The first-order valence-corrected chi connectivity index (χ1v) is 24.1. The fraction of sp³-hybridized carbons (Fsp3) is 0.156. The molecule has 4 heteroatoms. The molecule has 4 nitrogen and oxygen atoms in total.